The molecular weight excluding hydrogens is 260 g/mol. The van der Waals surface area contributed by atoms with E-state index in [9.17, 15) is 9.90 Å². The molecule has 0 aromatic carbocycles. The summed E-state index contributed by atoms with van der Waals surface area (Å²) >= 11 is 3.24. The molecule has 0 unspecified atom stereocenters. The van der Waals surface area contributed by atoms with Crippen LogP contribution in [0, 0.1) is 0 Å². The Hall–Kier alpha value is -0.810. The number of aromatic nitrogens is 2. The first kappa shape index (κ1) is 10.7. The Morgan fingerprint density at radius 2 is 1.80 bits per heavy atom. The first-order chi connectivity index (χ1) is 7.10. The molecular formula is C10H11BrN2O2. The second kappa shape index (κ2) is 3.98. The maximum absolute atomic E-state index is 11.1. The summed E-state index contributed by atoms with van der Waals surface area (Å²) in [4.78, 5) is 19.2. The molecule has 4 nitrogen and oxygen atoms in total. The van der Waals surface area contributed by atoms with Crippen molar-refractivity contribution in [2.75, 3.05) is 0 Å². The molecule has 0 radical (unpaired) electrons. The van der Waals surface area contributed by atoms with E-state index in [1.807, 2.05) is 0 Å². The number of hydrogen-bond acceptors (Lipinski definition) is 4. The molecule has 5 heteroatoms. The van der Waals surface area contributed by atoms with Gasteiger partial charge in [-0.15, -0.1) is 0 Å². The fraction of sp³-hybridized carbons (Fsp3) is 0.500. The third kappa shape index (κ3) is 2.23. The molecule has 1 aliphatic carbocycles. The van der Waals surface area contributed by atoms with E-state index in [4.69, 9.17) is 0 Å². The highest BCUT2D eigenvalue weighted by atomic mass is 79.9. The molecule has 1 fully saturated rings. The first-order valence-corrected chi connectivity index (χ1v) is 5.61. The third-order valence-electron chi connectivity index (χ3n) is 2.67. The van der Waals surface area contributed by atoms with Crippen molar-refractivity contribution in [1.82, 2.24) is 9.97 Å². The molecule has 1 saturated carbocycles. The van der Waals surface area contributed by atoms with E-state index < -0.39 is 5.60 Å². The molecule has 1 aromatic rings. The smallest absolute Gasteiger partial charge is 0.160 e. The molecule has 0 bridgehead atoms. The van der Waals surface area contributed by atoms with Gasteiger partial charge in [0.2, 0.25) is 0 Å². The molecule has 0 saturated heterocycles. The number of rotatable bonds is 1. The van der Waals surface area contributed by atoms with Crippen LogP contribution in [0.2, 0.25) is 0 Å². The van der Waals surface area contributed by atoms with E-state index in [0.717, 1.165) is 4.47 Å². The van der Waals surface area contributed by atoms with E-state index in [0.29, 0.717) is 31.5 Å². The molecule has 0 atom stereocenters. The monoisotopic (exact) mass is 270 g/mol. The molecule has 2 rings (SSSR count). The van der Waals surface area contributed by atoms with Crippen molar-refractivity contribution < 1.29 is 9.90 Å². The molecule has 80 valence electrons. The lowest BCUT2D eigenvalue weighted by Crippen LogP contribution is -2.33. The topological polar surface area (TPSA) is 63.1 Å². The van der Waals surface area contributed by atoms with Crippen LogP contribution < -0.4 is 0 Å². The van der Waals surface area contributed by atoms with Crippen molar-refractivity contribution in [2.45, 2.75) is 31.3 Å². The van der Waals surface area contributed by atoms with Gasteiger partial charge in [-0.25, -0.2) is 9.97 Å². The normalized spacial score (nSPS) is 20.3. The van der Waals surface area contributed by atoms with Crippen LogP contribution >= 0.6 is 15.9 Å². The molecule has 15 heavy (non-hydrogen) atoms. The number of carbonyl (C=O) groups is 1. The van der Waals surface area contributed by atoms with E-state index in [1.165, 1.54) is 0 Å². The first-order valence-electron chi connectivity index (χ1n) is 4.82. The second-order valence-electron chi connectivity index (χ2n) is 3.80. The minimum absolute atomic E-state index is 0.205. The highest BCUT2D eigenvalue weighted by molar-refractivity contribution is 9.10. The van der Waals surface area contributed by atoms with E-state index in [-0.39, 0.29) is 5.78 Å². The lowest BCUT2D eigenvalue weighted by atomic mass is 9.83. The van der Waals surface area contributed by atoms with Gasteiger partial charge >= 0.3 is 0 Å². The Kier molecular flexibility index (Phi) is 2.84. The zero-order valence-electron chi connectivity index (χ0n) is 8.11. The number of nitrogens with zero attached hydrogens (tertiary/aromatic N) is 2. The van der Waals surface area contributed by atoms with Gasteiger partial charge in [0.1, 0.15) is 11.4 Å². The summed E-state index contributed by atoms with van der Waals surface area (Å²) in [6.45, 7) is 0. The SMILES string of the molecule is O=C1CCC(O)(c2ncc(Br)cn2)CC1. The van der Waals surface area contributed by atoms with Crippen molar-refractivity contribution in [1.29, 1.82) is 0 Å². The largest absolute Gasteiger partial charge is 0.382 e. The standard InChI is InChI=1S/C10H11BrN2O2/c11-7-5-12-9(13-6-7)10(15)3-1-8(14)2-4-10/h5-6,15H,1-4H2. The summed E-state index contributed by atoms with van der Waals surface area (Å²) in [6.07, 6.45) is 4.89. The quantitative estimate of drug-likeness (QED) is 0.842. The maximum atomic E-state index is 11.1. The van der Waals surface area contributed by atoms with Crippen molar-refractivity contribution in [3.05, 3.63) is 22.7 Å². The van der Waals surface area contributed by atoms with Crippen molar-refractivity contribution in [3.63, 3.8) is 0 Å². The Morgan fingerprint density at radius 3 is 2.33 bits per heavy atom. The van der Waals surface area contributed by atoms with Gasteiger partial charge in [0, 0.05) is 25.2 Å². The van der Waals surface area contributed by atoms with Crippen LogP contribution in [0.15, 0.2) is 16.9 Å². The van der Waals surface area contributed by atoms with Crippen molar-refractivity contribution >= 4 is 21.7 Å². The number of halogens is 1. The summed E-state index contributed by atoms with van der Waals surface area (Å²) in [5.74, 6) is 0.620. The fourth-order valence-electron chi connectivity index (χ4n) is 1.72. The molecule has 1 aromatic heterocycles. The van der Waals surface area contributed by atoms with Crippen LogP contribution in [0.25, 0.3) is 0 Å². The number of aliphatic hydroxyl groups is 1. The summed E-state index contributed by atoms with van der Waals surface area (Å²) in [6, 6.07) is 0. The Bertz CT molecular complexity index is 368. The van der Waals surface area contributed by atoms with E-state index >= 15 is 0 Å². The lowest BCUT2D eigenvalue weighted by Gasteiger charge is -2.29. The number of hydrogen-bond donors (Lipinski definition) is 1. The van der Waals surface area contributed by atoms with Gasteiger partial charge in [-0.2, -0.15) is 0 Å². The minimum Gasteiger partial charge on any atom is -0.382 e. The summed E-state index contributed by atoms with van der Waals surface area (Å²) < 4.78 is 0.779. The predicted molar refractivity (Wildman–Crippen MR) is 57.1 cm³/mol. The average Bonchev–Trinajstić information content (AvgIpc) is 2.24. The highest BCUT2D eigenvalue weighted by Gasteiger charge is 2.36. The Morgan fingerprint density at radius 1 is 1.27 bits per heavy atom. The number of carbonyl (C=O) groups excluding carboxylic acids is 1. The van der Waals surface area contributed by atoms with Crippen LogP contribution in [0.1, 0.15) is 31.5 Å². The number of ketones is 1. The van der Waals surface area contributed by atoms with Gasteiger partial charge in [-0.1, -0.05) is 0 Å². The maximum Gasteiger partial charge on any atom is 0.160 e. The molecule has 0 spiro atoms. The fourth-order valence-corrected chi connectivity index (χ4v) is 1.92. The van der Waals surface area contributed by atoms with E-state index in [1.54, 1.807) is 12.4 Å². The van der Waals surface area contributed by atoms with Crippen LogP contribution in [0.3, 0.4) is 0 Å². The van der Waals surface area contributed by atoms with Crippen LogP contribution in [0.4, 0.5) is 0 Å². The zero-order chi connectivity index (χ0) is 10.9. The molecule has 1 heterocycles. The summed E-state index contributed by atoms with van der Waals surface area (Å²) in [5.41, 5.74) is -1.02. The lowest BCUT2D eigenvalue weighted by molar-refractivity contribution is -0.126. The minimum atomic E-state index is -1.02. The van der Waals surface area contributed by atoms with Crippen molar-refractivity contribution in [3.8, 4) is 0 Å². The third-order valence-corrected chi connectivity index (χ3v) is 3.08. The summed E-state index contributed by atoms with van der Waals surface area (Å²) in [5, 5.41) is 10.3. The second-order valence-corrected chi connectivity index (χ2v) is 4.71. The molecule has 1 aliphatic rings. The Balaban J connectivity index is 2.22. The molecule has 0 aliphatic heterocycles. The van der Waals surface area contributed by atoms with Gasteiger partial charge in [-0.05, 0) is 28.8 Å². The molecule has 1 N–H and O–H groups in total. The van der Waals surface area contributed by atoms with Gasteiger partial charge < -0.3 is 5.11 Å². The number of Topliss-reactive ketones (excluding diaryl/α,β-unsaturated/α-hetero) is 1. The Labute approximate surface area is 95.9 Å². The van der Waals surface area contributed by atoms with Crippen LogP contribution in [-0.4, -0.2) is 20.9 Å². The van der Waals surface area contributed by atoms with Crippen LogP contribution in [-0.2, 0) is 10.4 Å². The van der Waals surface area contributed by atoms with Gasteiger partial charge in [0.25, 0.3) is 0 Å². The van der Waals surface area contributed by atoms with Gasteiger partial charge in [0.15, 0.2) is 5.82 Å². The van der Waals surface area contributed by atoms with Gasteiger partial charge in [0.05, 0.1) is 4.47 Å². The van der Waals surface area contributed by atoms with Crippen molar-refractivity contribution in [2.24, 2.45) is 0 Å². The molecule has 0 amide bonds. The summed E-state index contributed by atoms with van der Waals surface area (Å²) in [7, 11) is 0. The van der Waals surface area contributed by atoms with Crippen LogP contribution in [0.5, 0.6) is 0 Å². The zero-order valence-corrected chi connectivity index (χ0v) is 9.70. The average molecular weight is 271 g/mol. The highest BCUT2D eigenvalue weighted by Crippen LogP contribution is 2.33. The predicted octanol–water partition coefficient (Wildman–Crippen LogP) is 1.57. The van der Waals surface area contributed by atoms with E-state index in [2.05, 4.69) is 25.9 Å². The van der Waals surface area contributed by atoms with Gasteiger partial charge in [-0.3, -0.25) is 4.79 Å².